The number of rotatable bonds is 6. The Bertz CT molecular complexity index is 962. The Hall–Kier alpha value is -1.71. The summed E-state index contributed by atoms with van der Waals surface area (Å²) in [4.78, 5) is 12.7. The number of halogens is 1. The molecular formula is C20H26BrN3O4S. The maximum absolute atomic E-state index is 12.9. The van der Waals surface area contributed by atoms with Crippen molar-refractivity contribution in [3.05, 3.63) is 45.8 Å². The van der Waals surface area contributed by atoms with E-state index in [9.17, 15) is 13.2 Å². The van der Waals surface area contributed by atoms with Gasteiger partial charge in [-0.1, -0.05) is 40.1 Å². The van der Waals surface area contributed by atoms with Gasteiger partial charge in [0.1, 0.15) is 10.6 Å². The average molecular weight is 484 g/mol. The summed E-state index contributed by atoms with van der Waals surface area (Å²) in [5.74, 6) is 0.279. The molecule has 1 atom stereocenters. The largest absolute Gasteiger partial charge is 0.360 e. The van der Waals surface area contributed by atoms with E-state index in [2.05, 4.69) is 26.4 Å². The van der Waals surface area contributed by atoms with Crippen molar-refractivity contribution < 1.29 is 17.7 Å². The molecule has 2 heterocycles. The molecule has 1 aromatic carbocycles. The summed E-state index contributed by atoms with van der Waals surface area (Å²) >= 11 is 3.43. The number of aromatic nitrogens is 1. The maximum Gasteiger partial charge on any atom is 0.248 e. The summed E-state index contributed by atoms with van der Waals surface area (Å²) in [5, 5.41) is 6.75. The molecule has 158 valence electrons. The number of nitrogens with zero attached hydrogens (tertiary/aromatic N) is 2. The fraction of sp³-hybridized carbons (Fsp3) is 0.500. The molecule has 0 saturated carbocycles. The quantitative estimate of drug-likeness (QED) is 0.679. The van der Waals surface area contributed by atoms with E-state index in [4.69, 9.17) is 4.52 Å². The molecule has 1 aromatic heterocycles. The van der Waals surface area contributed by atoms with Crippen LogP contribution >= 0.6 is 15.9 Å². The van der Waals surface area contributed by atoms with Crippen molar-refractivity contribution >= 4 is 31.9 Å². The third-order valence-corrected chi connectivity index (χ3v) is 8.18. The Labute approximate surface area is 180 Å². The number of sulfonamides is 1. The molecule has 0 unspecified atom stereocenters. The summed E-state index contributed by atoms with van der Waals surface area (Å²) in [5.41, 5.74) is 1.41. The third-order valence-electron chi connectivity index (χ3n) is 5.54. The van der Waals surface area contributed by atoms with Gasteiger partial charge in [0.05, 0.1) is 0 Å². The number of carbonyl (C=O) groups is 1. The lowest BCUT2D eigenvalue weighted by molar-refractivity contribution is -0.126. The molecule has 9 heteroatoms. The molecule has 1 saturated heterocycles. The van der Waals surface area contributed by atoms with Crippen LogP contribution < -0.4 is 5.32 Å². The predicted molar refractivity (Wildman–Crippen MR) is 113 cm³/mol. The van der Waals surface area contributed by atoms with E-state index < -0.39 is 10.0 Å². The Balaban J connectivity index is 1.56. The molecule has 1 aliphatic rings. The number of carbonyl (C=O) groups excluding carboxylic acids is 1. The van der Waals surface area contributed by atoms with Gasteiger partial charge in [-0.15, -0.1) is 0 Å². The molecule has 0 aliphatic carbocycles. The van der Waals surface area contributed by atoms with Crippen molar-refractivity contribution in [1.29, 1.82) is 0 Å². The first kappa shape index (κ1) is 22.0. The van der Waals surface area contributed by atoms with E-state index in [0.29, 0.717) is 43.9 Å². The minimum atomic E-state index is -3.63. The molecule has 1 aliphatic heterocycles. The first-order chi connectivity index (χ1) is 13.7. The lowest BCUT2D eigenvalue weighted by Crippen LogP contribution is -2.42. The minimum Gasteiger partial charge on any atom is -0.360 e. The van der Waals surface area contributed by atoms with Gasteiger partial charge in [-0.2, -0.15) is 4.31 Å². The Morgan fingerprint density at radius 2 is 2.03 bits per heavy atom. The van der Waals surface area contributed by atoms with Crippen LogP contribution in [-0.2, 0) is 21.4 Å². The zero-order valence-corrected chi connectivity index (χ0v) is 19.2. The molecule has 0 bridgehead atoms. The highest BCUT2D eigenvalue weighted by atomic mass is 79.9. The van der Waals surface area contributed by atoms with Gasteiger partial charge in [0.15, 0.2) is 5.76 Å². The highest BCUT2D eigenvalue weighted by molar-refractivity contribution is 9.10. The van der Waals surface area contributed by atoms with Gasteiger partial charge >= 0.3 is 0 Å². The van der Waals surface area contributed by atoms with E-state index >= 15 is 0 Å². The topological polar surface area (TPSA) is 92.5 Å². The summed E-state index contributed by atoms with van der Waals surface area (Å²) in [6, 6.07) is 7.82. The van der Waals surface area contributed by atoms with Crippen LogP contribution in [0.15, 0.2) is 38.2 Å². The van der Waals surface area contributed by atoms with E-state index in [1.54, 1.807) is 13.8 Å². The zero-order valence-electron chi connectivity index (χ0n) is 16.8. The third kappa shape index (κ3) is 4.90. The Morgan fingerprint density at radius 1 is 1.34 bits per heavy atom. The van der Waals surface area contributed by atoms with Crippen molar-refractivity contribution in [3.63, 3.8) is 0 Å². The smallest absolute Gasteiger partial charge is 0.248 e. The fourth-order valence-electron chi connectivity index (χ4n) is 3.80. The van der Waals surface area contributed by atoms with Crippen LogP contribution in [0.4, 0.5) is 0 Å². The summed E-state index contributed by atoms with van der Waals surface area (Å²) in [6.07, 6.45) is 1.29. The summed E-state index contributed by atoms with van der Waals surface area (Å²) < 4.78 is 33.3. The molecule has 1 fully saturated rings. The van der Waals surface area contributed by atoms with Gasteiger partial charge < -0.3 is 9.84 Å². The van der Waals surface area contributed by atoms with E-state index in [1.165, 1.54) is 4.31 Å². The summed E-state index contributed by atoms with van der Waals surface area (Å²) in [7, 11) is -3.63. The SMILES string of the molecule is Cc1noc(C)c1S(=O)(=O)N1CCC([C@H](C)C(=O)NCc2cccc(Br)c2)CC1. The number of hydrogen-bond acceptors (Lipinski definition) is 5. The second kappa shape index (κ2) is 8.97. The zero-order chi connectivity index (χ0) is 21.2. The van der Waals surface area contributed by atoms with Crippen LogP contribution in [0.5, 0.6) is 0 Å². The maximum atomic E-state index is 12.9. The number of benzene rings is 1. The molecule has 1 amide bonds. The normalized spacial score (nSPS) is 17.2. The number of amides is 1. The molecule has 7 nitrogen and oxygen atoms in total. The second-order valence-electron chi connectivity index (χ2n) is 7.53. The van der Waals surface area contributed by atoms with E-state index in [1.807, 2.05) is 31.2 Å². The highest BCUT2D eigenvalue weighted by Crippen LogP contribution is 2.30. The highest BCUT2D eigenvalue weighted by Gasteiger charge is 2.36. The molecule has 2 aromatic rings. The van der Waals surface area contributed by atoms with Gasteiger partial charge in [0.2, 0.25) is 15.9 Å². The lowest BCUT2D eigenvalue weighted by atomic mass is 9.85. The van der Waals surface area contributed by atoms with Crippen LogP contribution in [0.25, 0.3) is 0 Å². The van der Waals surface area contributed by atoms with Gasteiger partial charge in [0.25, 0.3) is 0 Å². The predicted octanol–water partition coefficient (Wildman–Crippen LogP) is 3.41. The average Bonchev–Trinajstić information content (AvgIpc) is 3.04. The molecule has 3 rings (SSSR count). The van der Waals surface area contributed by atoms with Gasteiger partial charge in [-0.3, -0.25) is 4.79 Å². The fourth-order valence-corrected chi connectivity index (χ4v) is 6.01. The van der Waals surface area contributed by atoms with Crippen LogP contribution in [0.3, 0.4) is 0 Å². The summed E-state index contributed by atoms with van der Waals surface area (Å²) in [6.45, 7) is 6.41. The van der Waals surface area contributed by atoms with Crippen molar-refractivity contribution in [2.24, 2.45) is 11.8 Å². The van der Waals surface area contributed by atoms with Crippen LogP contribution in [0.2, 0.25) is 0 Å². The minimum absolute atomic E-state index is 0.00277. The van der Waals surface area contributed by atoms with Crippen LogP contribution in [0.1, 0.15) is 36.8 Å². The standard InChI is InChI=1S/C20H26BrN3O4S/c1-13(20(25)22-12-16-5-4-6-18(21)11-16)17-7-9-24(10-8-17)29(26,27)19-14(2)23-28-15(19)3/h4-6,11,13,17H,7-10,12H2,1-3H3,(H,22,25)/t13-/m0/s1. The number of piperidine rings is 1. The number of aryl methyl sites for hydroxylation is 2. The number of nitrogens with one attached hydrogen (secondary N) is 1. The molecule has 0 spiro atoms. The molecular weight excluding hydrogens is 458 g/mol. The first-order valence-electron chi connectivity index (χ1n) is 9.65. The lowest BCUT2D eigenvalue weighted by Gasteiger charge is -2.33. The van der Waals surface area contributed by atoms with E-state index in [0.717, 1.165) is 10.0 Å². The molecule has 29 heavy (non-hydrogen) atoms. The van der Waals surface area contributed by atoms with Crippen molar-refractivity contribution in [2.45, 2.75) is 45.1 Å². The van der Waals surface area contributed by atoms with Crippen molar-refractivity contribution in [1.82, 2.24) is 14.8 Å². The van der Waals surface area contributed by atoms with Gasteiger partial charge in [0, 0.05) is 30.0 Å². The van der Waals surface area contributed by atoms with E-state index in [-0.39, 0.29) is 22.6 Å². The first-order valence-corrected chi connectivity index (χ1v) is 11.9. The Kier molecular flexibility index (Phi) is 6.80. The second-order valence-corrected chi connectivity index (χ2v) is 10.3. The van der Waals surface area contributed by atoms with Crippen LogP contribution in [-0.4, -0.2) is 36.9 Å². The molecule has 1 N–H and O–H groups in total. The monoisotopic (exact) mass is 483 g/mol. The van der Waals surface area contributed by atoms with Gasteiger partial charge in [-0.25, -0.2) is 8.42 Å². The number of hydrogen-bond donors (Lipinski definition) is 1. The van der Waals surface area contributed by atoms with Crippen molar-refractivity contribution in [3.8, 4) is 0 Å². The molecule has 0 radical (unpaired) electrons. The van der Waals surface area contributed by atoms with Crippen molar-refractivity contribution in [2.75, 3.05) is 13.1 Å². The van der Waals surface area contributed by atoms with Crippen LogP contribution in [0, 0.1) is 25.7 Å². The van der Waals surface area contributed by atoms with Gasteiger partial charge in [-0.05, 0) is 50.3 Å². The Morgan fingerprint density at radius 3 is 2.62 bits per heavy atom.